The van der Waals surface area contributed by atoms with Gasteiger partial charge < -0.3 is 14.7 Å². The molecule has 0 bridgehead atoms. The largest absolute Gasteiger partial charge is 0.419 e. The lowest BCUT2D eigenvalue weighted by Gasteiger charge is -2.30. The number of hydrogen-bond acceptors (Lipinski definition) is 3. The molecule has 2 unspecified atom stereocenters. The summed E-state index contributed by atoms with van der Waals surface area (Å²) >= 11 is 0. The van der Waals surface area contributed by atoms with Gasteiger partial charge in [0.15, 0.2) is 0 Å². The number of amides is 2. The molecule has 218 valence electrons. The van der Waals surface area contributed by atoms with E-state index in [1.54, 1.807) is 0 Å². The first-order chi connectivity index (χ1) is 19.0. The van der Waals surface area contributed by atoms with E-state index in [2.05, 4.69) is 25.1 Å². The molecule has 0 N–H and O–H groups in total. The lowest BCUT2D eigenvalue weighted by Crippen LogP contribution is -2.44. The van der Waals surface area contributed by atoms with Crippen molar-refractivity contribution < 1.29 is 22.4 Å². The Morgan fingerprint density at radius 2 is 1.75 bits per heavy atom. The van der Waals surface area contributed by atoms with Crippen LogP contribution in [0, 0.1) is 5.82 Å². The summed E-state index contributed by atoms with van der Waals surface area (Å²) in [7, 11) is 6.04. The third-order valence-electron chi connectivity index (χ3n) is 8.03. The number of halogens is 4. The van der Waals surface area contributed by atoms with Gasteiger partial charge in [0.25, 0.3) is 0 Å². The molecule has 5 nitrogen and oxygen atoms in total. The SMILES string of the molecule is CN(C)CCCC1=CCCN(C(=O)N2CC(c3ccccc3)C(N(C)Cc3ccc(C(F)(F)F)c(F)c3)C2)CC1. The van der Waals surface area contributed by atoms with E-state index in [1.807, 2.05) is 52.1 Å². The molecular weight excluding hydrogens is 520 g/mol. The average Bonchev–Trinajstić information content (AvgIpc) is 3.22. The fourth-order valence-corrected chi connectivity index (χ4v) is 5.87. The van der Waals surface area contributed by atoms with Gasteiger partial charge in [-0.15, -0.1) is 0 Å². The van der Waals surface area contributed by atoms with Gasteiger partial charge in [0.2, 0.25) is 0 Å². The molecule has 2 amide bonds. The predicted octanol–water partition coefficient (Wildman–Crippen LogP) is 6.23. The summed E-state index contributed by atoms with van der Waals surface area (Å²) in [6.07, 6.45) is 1.46. The number of nitrogens with zero attached hydrogens (tertiary/aromatic N) is 4. The van der Waals surface area contributed by atoms with Crippen molar-refractivity contribution in [3.8, 4) is 0 Å². The van der Waals surface area contributed by atoms with Gasteiger partial charge in [-0.25, -0.2) is 9.18 Å². The molecule has 2 aliphatic rings. The minimum absolute atomic E-state index is 0.0281. The molecule has 1 saturated heterocycles. The van der Waals surface area contributed by atoms with Crippen molar-refractivity contribution in [3.05, 3.63) is 82.7 Å². The Bertz CT molecular complexity index is 1170. The molecule has 2 heterocycles. The van der Waals surface area contributed by atoms with Crippen LogP contribution < -0.4 is 0 Å². The smallest absolute Gasteiger partial charge is 0.324 e. The van der Waals surface area contributed by atoms with Crippen LogP contribution in [0.3, 0.4) is 0 Å². The second kappa shape index (κ2) is 13.2. The maximum Gasteiger partial charge on any atom is 0.419 e. The molecule has 0 aromatic heterocycles. The quantitative estimate of drug-likeness (QED) is 0.283. The van der Waals surface area contributed by atoms with Crippen molar-refractivity contribution in [2.24, 2.45) is 0 Å². The van der Waals surface area contributed by atoms with E-state index < -0.39 is 17.6 Å². The van der Waals surface area contributed by atoms with Crippen molar-refractivity contribution in [1.82, 2.24) is 19.6 Å². The van der Waals surface area contributed by atoms with Crippen LogP contribution in [0.1, 0.15) is 48.3 Å². The minimum Gasteiger partial charge on any atom is -0.324 e. The zero-order valence-electron chi connectivity index (χ0n) is 23.6. The third-order valence-corrected chi connectivity index (χ3v) is 8.03. The number of carbonyl (C=O) groups is 1. The van der Waals surface area contributed by atoms with Crippen molar-refractivity contribution >= 4 is 6.03 Å². The van der Waals surface area contributed by atoms with Crippen LogP contribution in [0.2, 0.25) is 0 Å². The van der Waals surface area contributed by atoms with Gasteiger partial charge in [-0.1, -0.05) is 48.0 Å². The first-order valence-electron chi connectivity index (χ1n) is 14.0. The Balaban J connectivity index is 1.44. The average molecular weight is 561 g/mol. The lowest BCUT2D eigenvalue weighted by atomic mass is 9.93. The summed E-state index contributed by atoms with van der Waals surface area (Å²) in [4.78, 5) is 21.8. The second-order valence-corrected chi connectivity index (χ2v) is 11.3. The normalized spacial score (nSPS) is 20.3. The van der Waals surface area contributed by atoms with Gasteiger partial charge in [0, 0.05) is 44.7 Å². The summed E-state index contributed by atoms with van der Waals surface area (Å²) in [5.74, 6) is -1.24. The van der Waals surface area contributed by atoms with Crippen LogP contribution >= 0.6 is 0 Å². The topological polar surface area (TPSA) is 30.0 Å². The number of rotatable bonds is 8. The summed E-state index contributed by atoms with van der Waals surface area (Å²) < 4.78 is 53.4. The molecular formula is C31H40F4N4O. The summed E-state index contributed by atoms with van der Waals surface area (Å²) in [5.41, 5.74) is 1.73. The molecule has 2 atom stereocenters. The van der Waals surface area contributed by atoms with Gasteiger partial charge in [-0.2, -0.15) is 13.2 Å². The van der Waals surface area contributed by atoms with Crippen LogP contribution in [0.15, 0.2) is 60.2 Å². The summed E-state index contributed by atoms with van der Waals surface area (Å²) in [5, 5.41) is 0. The lowest BCUT2D eigenvalue weighted by molar-refractivity contribution is -0.140. The van der Waals surface area contributed by atoms with Gasteiger partial charge >= 0.3 is 12.2 Å². The molecule has 40 heavy (non-hydrogen) atoms. The number of carbonyl (C=O) groups excluding carboxylic acids is 1. The minimum atomic E-state index is -4.73. The molecule has 4 rings (SSSR count). The van der Waals surface area contributed by atoms with Crippen LogP contribution in [0.25, 0.3) is 0 Å². The fourth-order valence-electron chi connectivity index (χ4n) is 5.87. The molecule has 0 radical (unpaired) electrons. The molecule has 0 spiro atoms. The Labute approximate surface area is 235 Å². The highest BCUT2D eigenvalue weighted by Crippen LogP contribution is 2.34. The van der Waals surface area contributed by atoms with Gasteiger partial charge in [-0.3, -0.25) is 4.90 Å². The maximum absolute atomic E-state index is 14.3. The van der Waals surface area contributed by atoms with E-state index in [0.29, 0.717) is 31.7 Å². The number of likely N-dealkylation sites (tertiary alicyclic amines) is 1. The van der Waals surface area contributed by atoms with Crippen LogP contribution in [0.5, 0.6) is 0 Å². The third kappa shape index (κ3) is 7.63. The van der Waals surface area contributed by atoms with Gasteiger partial charge in [-0.05, 0) is 76.6 Å². The zero-order valence-corrected chi connectivity index (χ0v) is 23.6. The monoisotopic (exact) mass is 560 g/mol. The van der Waals surface area contributed by atoms with Gasteiger partial charge in [0.1, 0.15) is 5.82 Å². The number of hydrogen-bond donors (Lipinski definition) is 0. The zero-order chi connectivity index (χ0) is 28.9. The molecule has 2 aromatic carbocycles. The maximum atomic E-state index is 14.3. The highest BCUT2D eigenvalue weighted by atomic mass is 19.4. The summed E-state index contributed by atoms with van der Waals surface area (Å²) in [6, 6.07) is 13.1. The van der Waals surface area contributed by atoms with Crippen molar-refractivity contribution in [1.29, 1.82) is 0 Å². The first-order valence-corrected chi connectivity index (χ1v) is 14.0. The van der Waals surface area contributed by atoms with Crippen LogP contribution in [0.4, 0.5) is 22.4 Å². The molecule has 0 aliphatic carbocycles. The molecule has 2 aromatic rings. The van der Waals surface area contributed by atoms with E-state index >= 15 is 0 Å². The molecule has 1 fully saturated rings. The Hall–Kier alpha value is -2.91. The Morgan fingerprint density at radius 3 is 2.42 bits per heavy atom. The fraction of sp³-hybridized carbons (Fsp3) is 0.516. The van der Waals surface area contributed by atoms with Crippen molar-refractivity contribution in [2.45, 2.75) is 50.4 Å². The highest BCUT2D eigenvalue weighted by molar-refractivity contribution is 5.75. The van der Waals surface area contributed by atoms with Crippen LogP contribution in [-0.4, -0.2) is 85.5 Å². The number of likely N-dealkylation sites (N-methyl/N-ethyl adjacent to an activating group) is 1. The van der Waals surface area contributed by atoms with Gasteiger partial charge in [0.05, 0.1) is 5.56 Å². The Morgan fingerprint density at radius 1 is 1.00 bits per heavy atom. The van der Waals surface area contributed by atoms with E-state index in [-0.39, 0.29) is 24.5 Å². The number of alkyl halides is 3. The Kier molecular flexibility index (Phi) is 9.90. The van der Waals surface area contributed by atoms with E-state index in [9.17, 15) is 22.4 Å². The number of benzene rings is 2. The second-order valence-electron chi connectivity index (χ2n) is 11.3. The van der Waals surface area contributed by atoms with E-state index in [4.69, 9.17) is 0 Å². The number of urea groups is 1. The highest BCUT2D eigenvalue weighted by Gasteiger charge is 2.40. The molecule has 2 aliphatic heterocycles. The molecule has 0 saturated carbocycles. The van der Waals surface area contributed by atoms with Crippen LogP contribution in [-0.2, 0) is 12.7 Å². The summed E-state index contributed by atoms with van der Waals surface area (Å²) in [6.45, 7) is 3.76. The first kappa shape index (κ1) is 30.1. The van der Waals surface area contributed by atoms with Crippen molar-refractivity contribution in [2.75, 3.05) is 53.9 Å². The standard InChI is InChI=1S/C31H40F4N4O/c1-36(2)16-7-9-23-10-8-17-38(18-15-23)30(40)39-21-26(25-11-5-4-6-12-25)29(22-39)37(3)20-24-13-14-27(28(32)19-24)31(33,34)35/h4-6,10-14,19,26,29H,7-9,15-18,20-22H2,1-3H3. The molecule has 9 heteroatoms. The predicted molar refractivity (Wildman–Crippen MR) is 149 cm³/mol. The van der Waals surface area contributed by atoms with E-state index in [0.717, 1.165) is 49.9 Å². The van der Waals surface area contributed by atoms with E-state index in [1.165, 1.54) is 11.6 Å². The van der Waals surface area contributed by atoms with Crippen molar-refractivity contribution in [3.63, 3.8) is 0 Å².